The molecule has 3 aliphatic rings. The normalized spacial score (nSPS) is 28.0. The van der Waals surface area contributed by atoms with Crippen molar-refractivity contribution in [1.82, 2.24) is 19.6 Å². The SMILES string of the molecule is CC1(C)O[C@H]2[C@@H](O1)[C@@H](Cn1cc(Cn3c(O)c(N=Nc4cccc(Cl)c4)c4ccccc43)nn1)O[C@@H]1OC(C)(C)O[C@@H]12. The molecular weight excluding hydrogens is 564 g/mol. The van der Waals surface area contributed by atoms with Gasteiger partial charge in [-0.25, -0.2) is 4.68 Å². The third-order valence-electron chi connectivity index (χ3n) is 7.52. The third kappa shape index (κ3) is 5.08. The maximum Gasteiger partial charge on any atom is 0.221 e. The first-order valence-corrected chi connectivity index (χ1v) is 14.2. The van der Waals surface area contributed by atoms with Crippen molar-refractivity contribution in [2.24, 2.45) is 10.2 Å². The molecule has 12 nitrogen and oxygen atoms in total. The molecule has 7 rings (SSSR count). The summed E-state index contributed by atoms with van der Waals surface area (Å²) in [5.41, 5.74) is 2.36. The van der Waals surface area contributed by atoms with E-state index < -0.39 is 30.1 Å². The van der Waals surface area contributed by atoms with Crippen LogP contribution in [0.25, 0.3) is 10.9 Å². The van der Waals surface area contributed by atoms with Crippen molar-refractivity contribution in [3.63, 3.8) is 0 Å². The highest BCUT2D eigenvalue weighted by Gasteiger charge is 2.60. The molecule has 0 unspecified atom stereocenters. The number of nitrogens with zero attached hydrogens (tertiary/aromatic N) is 6. The van der Waals surface area contributed by atoms with Crippen LogP contribution >= 0.6 is 11.6 Å². The first-order chi connectivity index (χ1) is 20.1. The molecular formula is C29H31ClN6O6. The smallest absolute Gasteiger partial charge is 0.221 e. The Kier molecular flexibility index (Phi) is 6.61. The van der Waals surface area contributed by atoms with Gasteiger partial charge in [0.1, 0.15) is 30.1 Å². The number of benzene rings is 2. The van der Waals surface area contributed by atoms with Crippen LogP contribution in [0.4, 0.5) is 11.4 Å². The van der Waals surface area contributed by atoms with E-state index in [-0.39, 0.29) is 24.6 Å². The number of azo groups is 1. The molecule has 42 heavy (non-hydrogen) atoms. The monoisotopic (exact) mass is 594 g/mol. The first kappa shape index (κ1) is 27.4. The van der Waals surface area contributed by atoms with Crippen molar-refractivity contribution in [2.75, 3.05) is 0 Å². The number of aromatic hydroxyl groups is 1. The third-order valence-corrected chi connectivity index (χ3v) is 7.75. The fourth-order valence-corrected chi connectivity index (χ4v) is 6.05. The Hall–Kier alpha value is -3.39. The van der Waals surface area contributed by atoms with Gasteiger partial charge in [-0.3, -0.25) is 0 Å². The van der Waals surface area contributed by atoms with Gasteiger partial charge in [0.05, 0.1) is 30.5 Å². The molecule has 0 aliphatic carbocycles. The molecule has 0 amide bonds. The standard InChI is InChI=1S/C29H31ClN6O6/c1-28(2)39-23-21(38-27-25(24(23)40-28)41-29(3,4)42-27)15-35-13-18(32-34-35)14-36-20-11-6-5-10-19(20)22(26(36)37)33-31-17-9-7-8-16(30)12-17/h5-13,21,23-25,27,37H,14-15H2,1-4H3/t21-,23+,24+,25-,27-/m1/s1. The van der Waals surface area contributed by atoms with E-state index in [9.17, 15) is 5.11 Å². The van der Waals surface area contributed by atoms with E-state index >= 15 is 0 Å². The zero-order valence-corrected chi connectivity index (χ0v) is 24.3. The number of para-hydroxylation sites is 1. The van der Waals surface area contributed by atoms with Gasteiger partial charge in [0.15, 0.2) is 23.6 Å². The lowest BCUT2D eigenvalue weighted by Crippen LogP contribution is -2.56. The van der Waals surface area contributed by atoms with Crippen LogP contribution in [0.2, 0.25) is 5.02 Å². The van der Waals surface area contributed by atoms with Crippen molar-refractivity contribution in [1.29, 1.82) is 0 Å². The lowest BCUT2D eigenvalue weighted by Gasteiger charge is -2.37. The van der Waals surface area contributed by atoms with Gasteiger partial charge in [-0.1, -0.05) is 41.1 Å². The van der Waals surface area contributed by atoms with E-state index in [1.54, 1.807) is 33.5 Å². The number of rotatable bonds is 6. The predicted octanol–water partition coefficient (Wildman–Crippen LogP) is 5.45. The molecule has 2 aromatic heterocycles. The number of hydrogen-bond acceptors (Lipinski definition) is 10. The lowest BCUT2D eigenvalue weighted by atomic mass is 9.99. The van der Waals surface area contributed by atoms with Crippen LogP contribution in [0.15, 0.2) is 65.0 Å². The van der Waals surface area contributed by atoms with E-state index in [2.05, 4.69) is 20.5 Å². The molecule has 1 N–H and O–H groups in total. The second kappa shape index (κ2) is 10.1. The van der Waals surface area contributed by atoms with Gasteiger partial charge in [0.2, 0.25) is 5.88 Å². The molecule has 5 heterocycles. The molecule has 13 heteroatoms. The molecule has 5 atom stereocenters. The number of aromatic nitrogens is 4. The van der Waals surface area contributed by atoms with E-state index in [0.29, 0.717) is 28.6 Å². The molecule has 220 valence electrons. The molecule has 3 aliphatic heterocycles. The first-order valence-electron chi connectivity index (χ1n) is 13.8. The summed E-state index contributed by atoms with van der Waals surface area (Å²) in [5.74, 6) is -1.61. The number of halogens is 1. The van der Waals surface area contributed by atoms with Crippen LogP contribution in [0, 0.1) is 0 Å². The van der Waals surface area contributed by atoms with Crippen LogP contribution < -0.4 is 0 Å². The number of ether oxygens (including phenoxy) is 5. The highest BCUT2D eigenvalue weighted by Crippen LogP contribution is 2.44. The topological polar surface area (TPSA) is 127 Å². The molecule has 2 aromatic carbocycles. The Morgan fingerprint density at radius 3 is 2.52 bits per heavy atom. The van der Waals surface area contributed by atoms with Crippen molar-refractivity contribution >= 4 is 33.9 Å². The fourth-order valence-electron chi connectivity index (χ4n) is 5.86. The summed E-state index contributed by atoms with van der Waals surface area (Å²) in [6.45, 7) is 8.09. The van der Waals surface area contributed by atoms with Crippen LogP contribution in [-0.2, 0) is 36.8 Å². The lowest BCUT2D eigenvalue weighted by molar-refractivity contribution is -0.236. The minimum absolute atomic E-state index is 0.0271. The molecule has 0 bridgehead atoms. The maximum absolute atomic E-state index is 11.2. The van der Waals surface area contributed by atoms with Crippen LogP contribution in [0.1, 0.15) is 33.4 Å². The fraction of sp³-hybridized carbons (Fsp3) is 0.448. The Bertz CT molecular complexity index is 1670. The van der Waals surface area contributed by atoms with Crippen molar-refractivity contribution < 1.29 is 28.8 Å². The minimum Gasteiger partial charge on any atom is -0.493 e. The predicted molar refractivity (Wildman–Crippen MR) is 151 cm³/mol. The zero-order valence-electron chi connectivity index (χ0n) is 23.5. The maximum atomic E-state index is 11.2. The summed E-state index contributed by atoms with van der Waals surface area (Å²) < 4.78 is 34.3. The molecule has 0 radical (unpaired) electrons. The summed E-state index contributed by atoms with van der Waals surface area (Å²) in [6, 6.07) is 14.6. The van der Waals surface area contributed by atoms with Crippen LogP contribution in [0.3, 0.4) is 0 Å². The van der Waals surface area contributed by atoms with Gasteiger partial charge >= 0.3 is 0 Å². The molecule has 4 aromatic rings. The van der Waals surface area contributed by atoms with Gasteiger partial charge in [-0.05, 0) is 52.0 Å². The number of hydrogen-bond donors (Lipinski definition) is 1. The number of fused-ring (bicyclic) bond motifs is 4. The molecule has 0 spiro atoms. The van der Waals surface area contributed by atoms with Crippen LogP contribution in [0.5, 0.6) is 5.88 Å². The molecule has 3 saturated heterocycles. The molecule has 0 saturated carbocycles. The van der Waals surface area contributed by atoms with E-state index in [4.69, 9.17) is 35.3 Å². The van der Waals surface area contributed by atoms with Gasteiger partial charge in [0, 0.05) is 10.4 Å². The zero-order chi connectivity index (χ0) is 29.2. The summed E-state index contributed by atoms with van der Waals surface area (Å²) in [6.07, 6.45) is -0.307. The van der Waals surface area contributed by atoms with Crippen LogP contribution in [-0.4, -0.2) is 66.9 Å². The summed E-state index contributed by atoms with van der Waals surface area (Å²) in [5, 5.41) is 29.9. The van der Waals surface area contributed by atoms with Crippen molar-refractivity contribution in [3.05, 3.63) is 65.4 Å². The van der Waals surface area contributed by atoms with Gasteiger partial charge in [-0.2, -0.15) is 5.11 Å². The molecule has 3 fully saturated rings. The Labute approximate surface area is 246 Å². The highest BCUT2D eigenvalue weighted by atomic mass is 35.5. The van der Waals surface area contributed by atoms with E-state index in [1.165, 1.54) is 0 Å². The second-order valence-corrected chi connectivity index (χ2v) is 12.0. The Morgan fingerprint density at radius 1 is 0.929 bits per heavy atom. The summed E-state index contributed by atoms with van der Waals surface area (Å²) >= 11 is 6.08. The van der Waals surface area contributed by atoms with Crippen molar-refractivity contribution in [2.45, 2.75) is 83.1 Å². The summed E-state index contributed by atoms with van der Waals surface area (Å²) in [7, 11) is 0. The quantitative estimate of drug-likeness (QED) is 0.292. The van der Waals surface area contributed by atoms with E-state index in [1.807, 2.05) is 58.2 Å². The highest BCUT2D eigenvalue weighted by molar-refractivity contribution is 6.30. The van der Waals surface area contributed by atoms with Gasteiger partial charge in [-0.15, -0.1) is 10.2 Å². The Morgan fingerprint density at radius 2 is 1.69 bits per heavy atom. The summed E-state index contributed by atoms with van der Waals surface area (Å²) in [4.78, 5) is 0. The minimum atomic E-state index is -0.792. The van der Waals surface area contributed by atoms with Gasteiger partial charge in [0.25, 0.3) is 0 Å². The average molecular weight is 595 g/mol. The average Bonchev–Trinajstić information content (AvgIpc) is 3.66. The Balaban J connectivity index is 1.12. The largest absolute Gasteiger partial charge is 0.493 e. The van der Waals surface area contributed by atoms with E-state index in [0.717, 1.165) is 10.9 Å². The van der Waals surface area contributed by atoms with Gasteiger partial charge < -0.3 is 33.4 Å². The second-order valence-electron chi connectivity index (χ2n) is 11.6. The van der Waals surface area contributed by atoms with Crippen molar-refractivity contribution in [3.8, 4) is 5.88 Å².